The summed E-state index contributed by atoms with van der Waals surface area (Å²) in [4.78, 5) is 14.0. The molecule has 1 amide bonds. The maximum absolute atomic E-state index is 12.3. The Bertz CT molecular complexity index is 813. The summed E-state index contributed by atoms with van der Waals surface area (Å²) < 4.78 is 0.667. The summed E-state index contributed by atoms with van der Waals surface area (Å²) in [6, 6.07) is 17.4. The standard InChI is InChI=1S/C18H16N2O2/c1-19(18(21)16-8-10-20(22)11-9-16)13-14-6-7-15-4-2-3-5-17(15)12-14/h2-12H,13H2,1H3. The summed E-state index contributed by atoms with van der Waals surface area (Å²) in [5.41, 5.74) is 1.58. The van der Waals surface area contributed by atoms with E-state index in [0.29, 0.717) is 16.8 Å². The van der Waals surface area contributed by atoms with Gasteiger partial charge in [0.2, 0.25) is 0 Å². The van der Waals surface area contributed by atoms with Crippen molar-refractivity contribution in [2.24, 2.45) is 0 Å². The minimum absolute atomic E-state index is 0.103. The van der Waals surface area contributed by atoms with E-state index in [1.54, 1.807) is 11.9 Å². The lowest BCUT2D eigenvalue weighted by atomic mass is 10.1. The van der Waals surface area contributed by atoms with Gasteiger partial charge in [0.1, 0.15) is 0 Å². The van der Waals surface area contributed by atoms with Gasteiger partial charge < -0.3 is 10.1 Å². The Kier molecular flexibility index (Phi) is 3.74. The molecular formula is C18H16N2O2. The molecule has 4 nitrogen and oxygen atoms in total. The van der Waals surface area contributed by atoms with Crippen LogP contribution < -0.4 is 4.73 Å². The third kappa shape index (κ3) is 2.91. The molecule has 0 N–H and O–H groups in total. The number of rotatable bonds is 3. The summed E-state index contributed by atoms with van der Waals surface area (Å²) in [6.45, 7) is 0.524. The Morgan fingerprint density at radius 2 is 1.73 bits per heavy atom. The fourth-order valence-electron chi connectivity index (χ4n) is 2.46. The number of hydrogen-bond donors (Lipinski definition) is 0. The first kappa shape index (κ1) is 14.1. The highest BCUT2D eigenvalue weighted by Crippen LogP contribution is 2.17. The van der Waals surface area contributed by atoms with Gasteiger partial charge in [0.25, 0.3) is 5.91 Å². The SMILES string of the molecule is CN(Cc1ccc2ccccc2c1)C(=O)c1cc[n+]([O-])cc1. The summed E-state index contributed by atoms with van der Waals surface area (Å²) in [6.07, 6.45) is 2.66. The summed E-state index contributed by atoms with van der Waals surface area (Å²) >= 11 is 0. The zero-order valence-electron chi connectivity index (χ0n) is 12.3. The molecule has 3 aromatic rings. The molecule has 0 aliphatic rings. The van der Waals surface area contributed by atoms with E-state index < -0.39 is 0 Å². The highest BCUT2D eigenvalue weighted by molar-refractivity contribution is 5.93. The van der Waals surface area contributed by atoms with Crippen LogP contribution in [0.3, 0.4) is 0 Å². The second-order valence-corrected chi connectivity index (χ2v) is 5.29. The highest BCUT2D eigenvalue weighted by Gasteiger charge is 2.13. The number of carbonyl (C=O) groups is 1. The maximum Gasteiger partial charge on any atom is 0.254 e. The van der Waals surface area contributed by atoms with Gasteiger partial charge in [-0.1, -0.05) is 36.4 Å². The molecule has 0 spiro atoms. The number of aromatic nitrogens is 1. The van der Waals surface area contributed by atoms with Crippen LogP contribution in [0, 0.1) is 5.21 Å². The van der Waals surface area contributed by atoms with Gasteiger partial charge in [0, 0.05) is 25.7 Å². The molecule has 0 saturated carbocycles. The average Bonchev–Trinajstić information content (AvgIpc) is 2.55. The van der Waals surface area contributed by atoms with Crippen LogP contribution in [0.2, 0.25) is 0 Å². The van der Waals surface area contributed by atoms with E-state index in [9.17, 15) is 10.0 Å². The van der Waals surface area contributed by atoms with Gasteiger partial charge >= 0.3 is 0 Å². The van der Waals surface area contributed by atoms with Gasteiger partial charge in [-0.05, 0) is 22.4 Å². The number of pyridine rings is 1. The van der Waals surface area contributed by atoms with E-state index in [1.807, 2.05) is 18.2 Å². The molecule has 22 heavy (non-hydrogen) atoms. The normalized spacial score (nSPS) is 10.6. The minimum Gasteiger partial charge on any atom is -0.619 e. The lowest BCUT2D eigenvalue weighted by Crippen LogP contribution is -2.29. The Balaban J connectivity index is 1.78. The highest BCUT2D eigenvalue weighted by atomic mass is 16.5. The van der Waals surface area contributed by atoms with E-state index in [4.69, 9.17) is 0 Å². The largest absolute Gasteiger partial charge is 0.619 e. The van der Waals surface area contributed by atoms with Crippen molar-refractivity contribution in [2.45, 2.75) is 6.54 Å². The summed E-state index contributed by atoms with van der Waals surface area (Å²) in [5.74, 6) is -0.103. The molecule has 4 heteroatoms. The molecular weight excluding hydrogens is 276 g/mol. The lowest BCUT2D eigenvalue weighted by Gasteiger charge is -2.17. The minimum atomic E-state index is -0.103. The van der Waals surface area contributed by atoms with Crippen molar-refractivity contribution in [3.63, 3.8) is 0 Å². The number of benzene rings is 2. The first-order chi connectivity index (χ1) is 10.6. The smallest absolute Gasteiger partial charge is 0.254 e. The summed E-state index contributed by atoms with van der Waals surface area (Å²) in [7, 11) is 1.76. The van der Waals surface area contributed by atoms with E-state index in [-0.39, 0.29) is 5.91 Å². The first-order valence-electron chi connectivity index (χ1n) is 7.05. The molecule has 0 saturated heterocycles. The Morgan fingerprint density at radius 3 is 2.45 bits per heavy atom. The zero-order valence-corrected chi connectivity index (χ0v) is 12.3. The van der Waals surface area contributed by atoms with Crippen LogP contribution in [0.5, 0.6) is 0 Å². The van der Waals surface area contributed by atoms with E-state index in [0.717, 1.165) is 10.9 Å². The van der Waals surface area contributed by atoms with Crippen LogP contribution in [-0.2, 0) is 6.54 Å². The number of fused-ring (bicyclic) bond motifs is 1. The van der Waals surface area contributed by atoms with Crippen LogP contribution in [0.4, 0.5) is 0 Å². The predicted molar refractivity (Wildman–Crippen MR) is 85.1 cm³/mol. The van der Waals surface area contributed by atoms with Crippen LogP contribution in [0.1, 0.15) is 15.9 Å². The summed E-state index contributed by atoms with van der Waals surface area (Å²) in [5, 5.41) is 13.4. The number of hydrogen-bond acceptors (Lipinski definition) is 2. The lowest BCUT2D eigenvalue weighted by molar-refractivity contribution is -0.605. The number of nitrogens with zero attached hydrogens (tertiary/aromatic N) is 2. The molecule has 1 aromatic heterocycles. The molecule has 110 valence electrons. The van der Waals surface area contributed by atoms with Crippen LogP contribution in [0.15, 0.2) is 67.0 Å². The van der Waals surface area contributed by atoms with E-state index in [1.165, 1.54) is 29.9 Å². The molecule has 0 aliphatic carbocycles. The van der Waals surface area contributed by atoms with Crippen molar-refractivity contribution in [1.82, 2.24) is 4.90 Å². The van der Waals surface area contributed by atoms with Crippen molar-refractivity contribution in [2.75, 3.05) is 7.05 Å². The molecule has 1 heterocycles. The van der Waals surface area contributed by atoms with E-state index in [2.05, 4.69) is 24.3 Å². The third-order valence-corrected chi connectivity index (χ3v) is 3.63. The molecule has 0 atom stereocenters. The molecule has 0 aliphatic heterocycles. The van der Waals surface area contributed by atoms with Crippen molar-refractivity contribution in [3.05, 3.63) is 83.3 Å². The fraction of sp³-hybridized carbons (Fsp3) is 0.111. The third-order valence-electron chi connectivity index (χ3n) is 3.63. The average molecular weight is 292 g/mol. The van der Waals surface area contributed by atoms with Gasteiger partial charge in [0.15, 0.2) is 12.4 Å². The molecule has 0 unspecified atom stereocenters. The zero-order chi connectivity index (χ0) is 15.5. The predicted octanol–water partition coefficient (Wildman–Crippen LogP) is 2.75. The Hall–Kier alpha value is -2.88. The van der Waals surface area contributed by atoms with Crippen molar-refractivity contribution >= 4 is 16.7 Å². The monoisotopic (exact) mass is 292 g/mol. The van der Waals surface area contributed by atoms with Crippen LogP contribution in [0.25, 0.3) is 10.8 Å². The topological polar surface area (TPSA) is 47.2 Å². The van der Waals surface area contributed by atoms with Gasteiger partial charge in [-0.15, -0.1) is 0 Å². The fourth-order valence-corrected chi connectivity index (χ4v) is 2.46. The molecule has 0 radical (unpaired) electrons. The molecule has 0 bridgehead atoms. The molecule has 3 rings (SSSR count). The quantitative estimate of drug-likeness (QED) is 0.550. The Morgan fingerprint density at radius 1 is 1.05 bits per heavy atom. The van der Waals surface area contributed by atoms with Crippen LogP contribution in [-0.4, -0.2) is 17.9 Å². The van der Waals surface area contributed by atoms with Gasteiger partial charge in [0.05, 0.1) is 5.56 Å². The van der Waals surface area contributed by atoms with Crippen molar-refractivity contribution in [1.29, 1.82) is 0 Å². The first-order valence-corrected chi connectivity index (χ1v) is 7.05. The van der Waals surface area contributed by atoms with Gasteiger partial charge in [-0.2, -0.15) is 4.73 Å². The number of amides is 1. The van der Waals surface area contributed by atoms with E-state index >= 15 is 0 Å². The second-order valence-electron chi connectivity index (χ2n) is 5.29. The number of carbonyl (C=O) groups excluding carboxylic acids is 1. The van der Waals surface area contributed by atoms with Gasteiger partial charge in [-0.25, -0.2) is 0 Å². The van der Waals surface area contributed by atoms with Crippen molar-refractivity contribution in [3.8, 4) is 0 Å². The Labute approximate surface area is 128 Å². The van der Waals surface area contributed by atoms with Crippen LogP contribution >= 0.6 is 0 Å². The second kappa shape index (κ2) is 5.85. The maximum atomic E-state index is 12.3. The molecule has 2 aromatic carbocycles. The van der Waals surface area contributed by atoms with Gasteiger partial charge in [-0.3, -0.25) is 4.79 Å². The molecule has 0 fully saturated rings. The van der Waals surface area contributed by atoms with Crippen molar-refractivity contribution < 1.29 is 9.52 Å².